The lowest BCUT2D eigenvalue weighted by molar-refractivity contribution is -0.138. The lowest BCUT2D eigenvalue weighted by Crippen LogP contribution is -2.38. The molecule has 1 aliphatic heterocycles. The molecule has 0 spiro atoms. The number of Topliss-reactive ketones (excluding diaryl/α,β-unsaturated/α-hetero) is 1. The summed E-state index contributed by atoms with van der Waals surface area (Å²) >= 11 is 0. The monoisotopic (exact) mass is 445 g/mol. The van der Waals surface area contributed by atoms with E-state index in [1.807, 2.05) is 0 Å². The number of nitrogens with one attached hydrogen (secondary N) is 1. The highest BCUT2D eigenvalue weighted by molar-refractivity contribution is 6.02. The van der Waals surface area contributed by atoms with Crippen LogP contribution in [0.25, 0.3) is 0 Å². The predicted octanol–water partition coefficient (Wildman–Crippen LogP) is 4.73. The first kappa shape index (κ1) is 21.9. The van der Waals surface area contributed by atoms with Crippen LogP contribution in [0.3, 0.4) is 0 Å². The van der Waals surface area contributed by atoms with E-state index in [-0.39, 0.29) is 35.7 Å². The third-order valence-electron chi connectivity index (χ3n) is 6.05. The van der Waals surface area contributed by atoms with Crippen molar-refractivity contribution >= 4 is 11.7 Å². The van der Waals surface area contributed by atoms with Gasteiger partial charge in [-0.1, -0.05) is 18.2 Å². The van der Waals surface area contributed by atoms with Gasteiger partial charge in [0.05, 0.1) is 19.8 Å². The van der Waals surface area contributed by atoms with Gasteiger partial charge >= 0.3 is 6.18 Å². The molecule has 2 aliphatic rings. The number of alkyl halides is 3. The lowest BCUT2D eigenvalue weighted by Gasteiger charge is -2.35. The van der Waals surface area contributed by atoms with Gasteiger partial charge in [-0.25, -0.2) is 0 Å². The molecule has 0 saturated carbocycles. The predicted molar refractivity (Wildman–Crippen MR) is 110 cm³/mol. The van der Waals surface area contributed by atoms with E-state index in [1.54, 1.807) is 18.2 Å². The van der Waals surface area contributed by atoms with E-state index in [0.29, 0.717) is 23.6 Å². The van der Waals surface area contributed by atoms with Crippen LogP contribution in [0.4, 0.5) is 13.2 Å². The van der Waals surface area contributed by atoms with Crippen molar-refractivity contribution in [3.8, 4) is 11.5 Å². The number of benzene rings is 2. The molecule has 0 fully saturated rings. The Morgan fingerprint density at radius 2 is 1.69 bits per heavy atom. The van der Waals surface area contributed by atoms with Crippen molar-refractivity contribution in [2.75, 3.05) is 14.2 Å². The molecule has 2 aromatic carbocycles. The molecule has 1 N–H and O–H groups in total. The van der Waals surface area contributed by atoms with Gasteiger partial charge in [-0.2, -0.15) is 13.2 Å². The second-order valence-electron chi connectivity index (χ2n) is 7.92. The Hall–Kier alpha value is -3.29. The highest BCUT2D eigenvalue weighted by Gasteiger charge is 2.42. The summed E-state index contributed by atoms with van der Waals surface area (Å²) < 4.78 is 51.6. The van der Waals surface area contributed by atoms with Crippen molar-refractivity contribution in [3.05, 3.63) is 70.4 Å². The second kappa shape index (κ2) is 8.33. The number of amides is 1. The number of ketones is 1. The zero-order chi connectivity index (χ0) is 23.0. The summed E-state index contributed by atoms with van der Waals surface area (Å²) in [7, 11) is 3.05. The fraction of sp³-hybridized carbons (Fsp3) is 0.333. The van der Waals surface area contributed by atoms with Crippen molar-refractivity contribution in [2.24, 2.45) is 0 Å². The van der Waals surface area contributed by atoms with E-state index < -0.39 is 23.6 Å². The van der Waals surface area contributed by atoms with Gasteiger partial charge in [0, 0.05) is 41.5 Å². The molecule has 0 unspecified atom stereocenters. The molecule has 1 heterocycles. The molecule has 32 heavy (non-hydrogen) atoms. The van der Waals surface area contributed by atoms with Crippen LogP contribution in [-0.2, 0) is 15.8 Å². The zero-order valence-corrected chi connectivity index (χ0v) is 17.6. The smallest absolute Gasteiger partial charge is 0.416 e. The van der Waals surface area contributed by atoms with Gasteiger partial charge in [0.25, 0.3) is 0 Å². The van der Waals surface area contributed by atoms with Gasteiger partial charge in [0.15, 0.2) is 5.78 Å². The largest absolute Gasteiger partial charge is 0.497 e. The molecule has 2 atom stereocenters. The van der Waals surface area contributed by atoms with Gasteiger partial charge < -0.3 is 14.8 Å². The standard InChI is InChI=1S/C24H22F3NO4/c1-31-14-7-8-21(32-2)16(11-14)13-9-19-23(20(29)10-13)17(12-22(30)28-19)15-5-3-4-6-18(15)24(25,26)27/h3-8,11,13,17H,9-10,12H2,1-2H3,(H,28,30)/t13-,17-/m1/s1. The highest BCUT2D eigenvalue weighted by atomic mass is 19.4. The fourth-order valence-electron chi connectivity index (χ4n) is 4.66. The molecule has 1 amide bonds. The van der Waals surface area contributed by atoms with Crippen LogP contribution in [0.15, 0.2) is 53.7 Å². The Labute approximate surface area is 183 Å². The Bertz CT molecular complexity index is 1110. The molecule has 0 bridgehead atoms. The fourth-order valence-corrected chi connectivity index (χ4v) is 4.66. The van der Waals surface area contributed by atoms with Crippen LogP contribution in [0.2, 0.25) is 0 Å². The average Bonchev–Trinajstić information content (AvgIpc) is 2.77. The Morgan fingerprint density at radius 1 is 0.938 bits per heavy atom. The summed E-state index contributed by atoms with van der Waals surface area (Å²) in [5.74, 6) is -0.744. The van der Waals surface area contributed by atoms with Crippen molar-refractivity contribution in [3.63, 3.8) is 0 Å². The number of allylic oxidation sites excluding steroid dienone is 2. The van der Waals surface area contributed by atoms with E-state index in [0.717, 1.165) is 11.6 Å². The average molecular weight is 445 g/mol. The summed E-state index contributed by atoms with van der Waals surface area (Å²) in [5, 5.41) is 2.74. The van der Waals surface area contributed by atoms with E-state index in [4.69, 9.17) is 9.47 Å². The summed E-state index contributed by atoms with van der Waals surface area (Å²) in [6.45, 7) is 0. The maximum absolute atomic E-state index is 13.6. The molecular formula is C24H22F3NO4. The van der Waals surface area contributed by atoms with Crippen molar-refractivity contribution in [1.29, 1.82) is 0 Å². The first-order valence-corrected chi connectivity index (χ1v) is 10.2. The number of halogens is 3. The maximum atomic E-state index is 13.6. The quantitative estimate of drug-likeness (QED) is 0.739. The van der Waals surface area contributed by atoms with Crippen LogP contribution in [0.5, 0.6) is 11.5 Å². The van der Waals surface area contributed by atoms with E-state index in [2.05, 4.69) is 5.32 Å². The Balaban J connectivity index is 1.78. The van der Waals surface area contributed by atoms with Gasteiger partial charge in [0.2, 0.25) is 5.91 Å². The number of carbonyl (C=O) groups excluding carboxylic acids is 2. The minimum atomic E-state index is -4.58. The van der Waals surface area contributed by atoms with Gasteiger partial charge in [0.1, 0.15) is 11.5 Å². The number of hydrogen-bond donors (Lipinski definition) is 1. The molecule has 0 aromatic heterocycles. The molecule has 168 valence electrons. The van der Waals surface area contributed by atoms with Crippen molar-refractivity contribution < 1.29 is 32.2 Å². The molecule has 0 radical (unpaired) electrons. The van der Waals surface area contributed by atoms with Gasteiger partial charge in [-0.15, -0.1) is 0 Å². The zero-order valence-electron chi connectivity index (χ0n) is 17.6. The number of methoxy groups -OCH3 is 2. The number of carbonyl (C=O) groups is 2. The minimum absolute atomic E-state index is 0.0480. The molecule has 4 rings (SSSR count). The maximum Gasteiger partial charge on any atom is 0.416 e. The highest BCUT2D eigenvalue weighted by Crippen LogP contribution is 2.47. The van der Waals surface area contributed by atoms with Crippen LogP contribution in [-0.4, -0.2) is 25.9 Å². The molecule has 8 heteroatoms. The number of hydrogen-bond acceptors (Lipinski definition) is 4. The van der Waals surface area contributed by atoms with Crippen LogP contribution < -0.4 is 14.8 Å². The first-order valence-electron chi connectivity index (χ1n) is 10.2. The molecule has 2 aromatic rings. The SMILES string of the molecule is COc1ccc(OC)c([C@H]2CC(=O)C3=C(C2)NC(=O)C[C@@H]3c2ccccc2C(F)(F)F)c1. The summed E-state index contributed by atoms with van der Waals surface area (Å²) in [4.78, 5) is 25.7. The molecule has 0 saturated heterocycles. The normalized spacial score (nSPS) is 21.2. The lowest BCUT2D eigenvalue weighted by atomic mass is 9.72. The Morgan fingerprint density at radius 3 is 2.38 bits per heavy atom. The third kappa shape index (κ3) is 3.97. The van der Waals surface area contributed by atoms with E-state index in [1.165, 1.54) is 32.4 Å². The van der Waals surface area contributed by atoms with Gasteiger partial charge in [-0.05, 0) is 36.2 Å². The van der Waals surface area contributed by atoms with Crippen molar-refractivity contribution in [2.45, 2.75) is 37.3 Å². The topological polar surface area (TPSA) is 64.6 Å². The van der Waals surface area contributed by atoms with Crippen LogP contribution in [0.1, 0.15) is 47.8 Å². The Kier molecular flexibility index (Phi) is 5.71. The molecule has 5 nitrogen and oxygen atoms in total. The van der Waals surface area contributed by atoms with Crippen LogP contribution in [0, 0.1) is 0 Å². The van der Waals surface area contributed by atoms with E-state index >= 15 is 0 Å². The summed E-state index contributed by atoms with van der Waals surface area (Å²) in [5.41, 5.74) is 0.525. The van der Waals surface area contributed by atoms with Crippen LogP contribution >= 0.6 is 0 Å². The molecule has 1 aliphatic carbocycles. The third-order valence-corrected chi connectivity index (χ3v) is 6.05. The number of rotatable bonds is 4. The van der Waals surface area contributed by atoms with Crippen molar-refractivity contribution in [1.82, 2.24) is 5.32 Å². The summed E-state index contributed by atoms with van der Waals surface area (Å²) in [6, 6.07) is 10.4. The second-order valence-corrected chi connectivity index (χ2v) is 7.92. The summed E-state index contributed by atoms with van der Waals surface area (Å²) in [6.07, 6.45) is -4.38. The number of ether oxygens (including phenoxy) is 2. The molecular weight excluding hydrogens is 423 g/mol. The van der Waals surface area contributed by atoms with Gasteiger partial charge in [-0.3, -0.25) is 9.59 Å². The minimum Gasteiger partial charge on any atom is -0.497 e. The van der Waals surface area contributed by atoms with E-state index in [9.17, 15) is 22.8 Å². The first-order chi connectivity index (χ1) is 15.2.